The largest absolute Gasteiger partial charge is 0.509 e. The molecule has 0 spiro atoms. The van der Waals surface area contributed by atoms with Crippen LogP contribution in [0.5, 0.6) is 0 Å². The molecule has 1 aromatic heterocycles. The molecule has 0 aliphatic carbocycles. The van der Waals surface area contributed by atoms with Gasteiger partial charge >= 0.3 is 0 Å². The Labute approximate surface area is 152 Å². The summed E-state index contributed by atoms with van der Waals surface area (Å²) in [4.78, 5) is 6.45. The molecule has 0 saturated carbocycles. The molecule has 0 amide bonds. The number of nitrogens with zero attached hydrogens (tertiary/aromatic N) is 3. The van der Waals surface area contributed by atoms with E-state index in [0.717, 1.165) is 16.7 Å². The van der Waals surface area contributed by atoms with Gasteiger partial charge in [-0.15, -0.1) is 0 Å². The van der Waals surface area contributed by atoms with E-state index in [-0.39, 0.29) is 11.6 Å². The molecule has 5 heteroatoms. The molecule has 0 bridgehead atoms. The van der Waals surface area contributed by atoms with Crippen LogP contribution in [0.2, 0.25) is 0 Å². The number of para-hydroxylation sites is 2. The van der Waals surface area contributed by atoms with E-state index in [2.05, 4.69) is 31.0 Å². The van der Waals surface area contributed by atoms with Crippen LogP contribution >= 0.6 is 0 Å². The van der Waals surface area contributed by atoms with Gasteiger partial charge in [0, 0.05) is 12.7 Å². The van der Waals surface area contributed by atoms with Crippen molar-refractivity contribution in [2.24, 2.45) is 7.05 Å². The van der Waals surface area contributed by atoms with Crippen LogP contribution in [0.25, 0.3) is 16.6 Å². The number of nitrogens with one attached hydrogen (secondary N) is 1. The van der Waals surface area contributed by atoms with E-state index >= 15 is 0 Å². The molecule has 0 saturated heterocycles. The Bertz CT molecular complexity index is 1030. The number of anilines is 1. The lowest BCUT2D eigenvalue weighted by molar-refractivity contribution is 0.411. The van der Waals surface area contributed by atoms with E-state index in [1.54, 1.807) is 0 Å². The van der Waals surface area contributed by atoms with Gasteiger partial charge in [-0.3, -0.25) is 5.41 Å². The van der Waals surface area contributed by atoms with Crippen molar-refractivity contribution in [2.45, 2.75) is 19.8 Å². The van der Waals surface area contributed by atoms with Crippen LogP contribution in [0.1, 0.15) is 31.2 Å². The van der Waals surface area contributed by atoms with Crippen LogP contribution in [-0.4, -0.2) is 27.0 Å². The van der Waals surface area contributed by atoms with Crippen LogP contribution in [0.3, 0.4) is 0 Å². The van der Waals surface area contributed by atoms with Crippen molar-refractivity contribution >= 4 is 28.1 Å². The number of aryl methyl sites for hydroxylation is 1. The maximum absolute atomic E-state index is 10.6. The van der Waals surface area contributed by atoms with Crippen LogP contribution in [-0.2, 0) is 7.05 Å². The number of aliphatic hydroxyl groups excluding tert-OH is 1. The normalized spacial score (nSPS) is 14.9. The van der Waals surface area contributed by atoms with Crippen LogP contribution in [0.4, 0.5) is 5.69 Å². The lowest BCUT2D eigenvalue weighted by Crippen LogP contribution is -2.26. The highest BCUT2D eigenvalue weighted by atomic mass is 16.3. The van der Waals surface area contributed by atoms with Gasteiger partial charge in [-0.2, -0.15) is 0 Å². The number of imidazole rings is 1. The Kier molecular flexibility index (Phi) is 3.80. The van der Waals surface area contributed by atoms with Gasteiger partial charge in [0.1, 0.15) is 17.4 Å². The van der Waals surface area contributed by atoms with Crippen molar-refractivity contribution in [3.8, 4) is 0 Å². The Morgan fingerprint density at radius 3 is 2.42 bits per heavy atom. The number of rotatable bonds is 3. The molecule has 0 unspecified atom stereocenters. The first-order valence-electron chi connectivity index (χ1n) is 8.77. The van der Waals surface area contributed by atoms with E-state index < -0.39 is 0 Å². The quantitative estimate of drug-likeness (QED) is 0.736. The molecule has 1 aliphatic heterocycles. The molecule has 1 aliphatic rings. The van der Waals surface area contributed by atoms with Crippen molar-refractivity contribution in [3.63, 3.8) is 0 Å². The topological polar surface area (TPSA) is 65.1 Å². The number of hydrogen-bond acceptors (Lipinski definition) is 3. The summed E-state index contributed by atoms with van der Waals surface area (Å²) >= 11 is 0. The molecule has 2 heterocycles. The van der Waals surface area contributed by atoms with Crippen molar-refractivity contribution in [3.05, 3.63) is 65.7 Å². The van der Waals surface area contributed by atoms with Gasteiger partial charge in [-0.25, -0.2) is 4.98 Å². The number of aliphatic hydroxyl groups is 1. The summed E-state index contributed by atoms with van der Waals surface area (Å²) in [5.41, 5.74) is 4.50. The summed E-state index contributed by atoms with van der Waals surface area (Å²) in [6.45, 7) is 4.60. The zero-order chi connectivity index (χ0) is 18.4. The van der Waals surface area contributed by atoms with E-state index in [9.17, 15) is 5.11 Å². The van der Waals surface area contributed by atoms with E-state index in [4.69, 9.17) is 5.41 Å². The Morgan fingerprint density at radius 1 is 1.08 bits per heavy atom. The predicted octanol–water partition coefficient (Wildman–Crippen LogP) is 4.46. The molecular formula is C21H22N4O. The van der Waals surface area contributed by atoms with E-state index in [0.29, 0.717) is 23.9 Å². The highest BCUT2D eigenvalue weighted by Crippen LogP contribution is 2.32. The standard InChI is InChI=1S/C21H22N4O/c1-13(2)14-8-10-15(11-9-14)25-12-18(26)19(20(25)22)21-23-16-6-4-5-7-17(16)24(21)3/h4-11,13,22,26H,12H2,1-3H3. The molecule has 5 nitrogen and oxygen atoms in total. The lowest BCUT2D eigenvalue weighted by atomic mass is 10.0. The smallest absolute Gasteiger partial charge is 0.148 e. The van der Waals surface area contributed by atoms with Crippen LogP contribution in [0.15, 0.2) is 54.3 Å². The SMILES string of the molecule is CC(C)c1ccc(N2CC(O)=C(c3nc4ccccc4n3C)C2=N)cc1. The molecule has 0 radical (unpaired) electrons. The third-order valence-electron chi connectivity index (χ3n) is 4.99. The number of hydrogen-bond donors (Lipinski definition) is 2. The molecule has 26 heavy (non-hydrogen) atoms. The van der Waals surface area contributed by atoms with Crippen LogP contribution in [0, 0.1) is 5.41 Å². The van der Waals surface area contributed by atoms with Crippen molar-refractivity contribution in [1.29, 1.82) is 5.41 Å². The molecule has 4 rings (SSSR count). The summed E-state index contributed by atoms with van der Waals surface area (Å²) in [6.07, 6.45) is 0. The van der Waals surface area contributed by atoms with Crippen molar-refractivity contribution in [2.75, 3.05) is 11.4 Å². The number of benzene rings is 2. The van der Waals surface area contributed by atoms with Crippen LogP contribution < -0.4 is 4.90 Å². The van der Waals surface area contributed by atoms with Gasteiger partial charge in [-0.1, -0.05) is 38.1 Å². The van der Waals surface area contributed by atoms with Crippen molar-refractivity contribution < 1.29 is 5.11 Å². The second-order valence-corrected chi connectivity index (χ2v) is 6.99. The Hall–Kier alpha value is -3.08. The average Bonchev–Trinajstić information content (AvgIpc) is 3.11. The monoisotopic (exact) mass is 346 g/mol. The summed E-state index contributed by atoms with van der Waals surface area (Å²) in [5.74, 6) is 1.54. The minimum Gasteiger partial charge on any atom is -0.509 e. The maximum Gasteiger partial charge on any atom is 0.148 e. The fourth-order valence-corrected chi connectivity index (χ4v) is 3.44. The molecule has 2 aromatic carbocycles. The zero-order valence-electron chi connectivity index (χ0n) is 15.2. The summed E-state index contributed by atoms with van der Waals surface area (Å²) in [6, 6.07) is 16.0. The first-order chi connectivity index (χ1) is 12.5. The summed E-state index contributed by atoms with van der Waals surface area (Å²) in [5, 5.41) is 19.2. The van der Waals surface area contributed by atoms with E-state index in [1.165, 1.54) is 5.56 Å². The van der Waals surface area contributed by atoms with Gasteiger partial charge in [0.05, 0.1) is 23.2 Å². The number of amidine groups is 1. The second-order valence-electron chi connectivity index (χ2n) is 6.99. The van der Waals surface area contributed by atoms with Gasteiger partial charge in [-0.05, 0) is 35.7 Å². The Balaban J connectivity index is 1.71. The second kappa shape index (κ2) is 6.02. The summed E-state index contributed by atoms with van der Waals surface area (Å²) < 4.78 is 1.93. The molecule has 2 N–H and O–H groups in total. The first-order valence-corrected chi connectivity index (χ1v) is 8.77. The third kappa shape index (κ3) is 2.47. The molecule has 132 valence electrons. The minimum absolute atomic E-state index is 0.182. The highest BCUT2D eigenvalue weighted by molar-refractivity contribution is 6.30. The Morgan fingerprint density at radius 2 is 1.77 bits per heavy atom. The maximum atomic E-state index is 10.6. The average molecular weight is 346 g/mol. The number of fused-ring (bicyclic) bond motifs is 1. The van der Waals surface area contributed by atoms with Crippen molar-refractivity contribution in [1.82, 2.24) is 9.55 Å². The third-order valence-corrected chi connectivity index (χ3v) is 4.99. The minimum atomic E-state index is 0.182. The summed E-state index contributed by atoms with van der Waals surface area (Å²) in [7, 11) is 1.91. The number of aromatic nitrogens is 2. The molecule has 0 fully saturated rings. The zero-order valence-corrected chi connectivity index (χ0v) is 15.2. The molecule has 3 aromatic rings. The fraction of sp³-hybridized carbons (Fsp3) is 0.238. The molecule has 0 atom stereocenters. The first kappa shape index (κ1) is 16.4. The molecular weight excluding hydrogens is 324 g/mol. The van der Waals surface area contributed by atoms with Gasteiger partial charge < -0.3 is 14.6 Å². The van der Waals surface area contributed by atoms with Gasteiger partial charge in [0.2, 0.25) is 0 Å². The fourth-order valence-electron chi connectivity index (χ4n) is 3.44. The van der Waals surface area contributed by atoms with E-state index in [1.807, 2.05) is 52.9 Å². The van der Waals surface area contributed by atoms with Gasteiger partial charge in [0.15, 0.2) is 0 Å². The lowest BCUT2D eigenvalue weighted by Gasteiger charge is -2.19. The van der Waals surface area contributed by atoms with Gasteiger partial charge in [0.25, 0.3) is 0 Å². The predicted molar refractivity (Wildman–Crippen MR) is 106 cm³/mol. The highest BCUT2D eigenvalue weighted by Gasteiger charge is 2.32.